The third-order valence-corrected chi connectivity index (χ3v) is 4.26. The van der Waals surface area contributed by atoms with Crippen molar-refractivity contribution >= 4 is 34.8 Å². The van der Waals surface area contributed by atoms with Crippen LogP contribution in [-0.2, 0) is 4.79 Å². The molecule has 0 aliphatic heterocycles. The molecule has 2 aromatic carbocycles. The summed E-state index contributed by atoms with van der Waals surface area (Å²) in [6, 6.07) is 15.2. The van der Waals surface area contributed by atoms with Gasteiger partial charge < -0.3 is 9.84 Å². The molecule has 0 atom stereocenters. The quantitative estimate of drug-likeness (QED) is 0.624. The molecule has 1 amide bonds. The minimum absolute atomic E-state index is 0.478. The molecule has 0 saturated heterocycles. The molecule has 128 valence electrons. The summed E-state index contributed by atoms with van der Waals surface area (Å²) in [5.74, 6) is 0.135. The number of carbonyl (C=O) groups is 1. The minimum atomic E-state index is -1.12. The van der Waals surface area contributed by atoms with Crippen LogP contribution in [0.25, 0.3) is 22.6 Å². The Balaban J connectivity index is 1.92. The first-order valence-electron chi connectivity index (χ1n) is 7.68. The second-order valence-corrected chi connectivity index (χ2v) is 6.81. The first kappa shape index (κ1) is 17.5. The number of nitrogens with zero attached hydrogens (tertiary/aromatic N) is 1. The molecular weight excluding hydrogens is 359 g/mol. The lowest BCUT2D eigenvalue weighted by molar-refractivity contribution is -0.114. The molecule has 0 unspecified atom stereocenters. The van der Waals surface area contributed by atoms with E-state index in [1.165, 1.54) is 0 Å². The summed E-state index contributed by atoms with van der Waals surface area (Å²) in [7, 11) is 0. The number of halogens is 2. The standard InChI is InChI=1S/C19H16Cl2N2O2/c1-11-5-3-6-12(2)17(11)15-10-16(25-23-15)13-7-4-8-14(9-13)22-19(24)18(20)21/h3-10,18H,1-2H3,(H,22,24). The zero-order valence-electron chi connectivity index (χ0n) is 13.7. The number of aromatic nitrogens is 1. The van der Waals surface area contributed by atoms with Gasteiger partial charge in [0.25, 0.3) is 5.91 Å². The van der Waals surface area contributed by atoms with E-state index in [1.54, 1.807) is 12.1 Å². The van der Waals surface area contributed by atoms with Crippen LogP contribution in [0.2, 0.25) is 0 Å². The number of alkyl halides is 2. The topological polar surface area (TPSA) is 55.1 Å². The van der Waals surface area contributed by atoms with Gasteiger partial charge in [0, 0.05) is 22.9 Å². The van der Waals surface area contributed by atoms with Gasteiger partial charge in [-0.1, -0.05) is 58.7 Å². The molecule has 4 nitrogen and oxygen atoms in total. The molecular formula is C19H16Cl2N2O2. The number of amides is 1. The van der Waals surface area contributed by atoms with Crippen molar-refractivity contribution in [3.8, 4) is 22.6 Å². The molecule has 1 heterocycles. The Hall–Kier alpha value is -2.30. The second-order valence-electron chi connectivity index (χ2n) is 5.71. The van der Waals surface area contributed by atoms with E-state index in [1.807, 2.05) is 50.2 Å². The Morgan fingerprint density at radius 1 is 1.08 bits per heavy atom. The number of aryl methyl sites for hydroxylation is 2. The molecule has 0 spiro atoms. The lowest BCUT2D eigenvalue weighted by Crippen LogP contribution is -2.18. The molecule has 0 saturated carbocycles. The van der Waals surface area contributed by atoms with Gasteiger partial charge >= 0.3 is 0 Å². The fourth-order valence-corrected chi connectivity index (χ4v) is 2.80. The van der Waals surface area contributed by atoms with Crippen molar-refractivity contribution in [2.24, 2.45) is 0 Å². The summed E-state index contributed by atoms with van der Waals surface area (Å²) in [6.45, 7) is 4.09. The largest absolute Gasteiger partial charge is 0.356 e. The van der Waals surface area contributed by atoms with Gasteiger partial charge in [0.15, 0.2) is 10.6 Å². The van der Waals surface area contributed by atoms with E-state index in [0.29, 0.717) is 11.4 Å². The second kappa shape index (κ2) is 7.30. The Bertz CT molecular complexity index is 899. The molecule has 1 aromatic heterocycles. The normalized spacial score (nSPS) is 10.9. The Morgan fingerprint density at radius 3 is 2.44 bits per heavy atom. The lowest BCUT2D eigenvalue weighted by atomic mass is 9.99. The van der Waals surface area contributed by atoms with Gasteiger partial charge in [-0.15, -0.1) is 0 Å². The predicted octanol–water partition coefficient (Wildman–Crippen LogP) is 5.37. The van der Waals surface area contributed by atoms with E-state index in [-0.39, 0.29) is 0 Å². The van der Waals surface area contributed by atoms with Gasteiger partial charge in [0.2, 0.25) is 0 Å². The number of carbonyl (C=O) groups excluding carboxylic acids is 1. The number of hydrogen-bond donors (Lipinski definition) is 1. The molecule has 0 radical (unpaired) electrons. The maximum Gasteiger partial charge on any atom is 0.257 e. The summed E-state index contributed by atoms with van der Waals surface area (Å²) in [6.07, 6.45) is 0. The van der Waals surface area contributed by atoms with E-state index in [0.717, 1.165) is 27.9 Å². The van der Waals surface area contributed by atoms with Crippen LogP contribution in [-0.4, -0.2) is 15.9 Å². The first-order chi connectivity index (χ1) is 12.0. The van der Waals surface area contributed by atoms with Crippen molar-refractivity contribution in [3.05, 3.63) is 59.7 Å². The maximum atomic E-state index is 11.6. The Labute approximate surface area is 155 Å². The van der Waals surface area contributed by atoms with Crippen LogP contribution >= 0.6 is 23.2 Å². The van der Waals surface area contributed by atoms with E-state index in [4.69, 9.17) is 27.7 Å². The summed E-state index contributed by atoms with van der Waals surface area (Å²) in [5.41, 5.74) is 5.49. The zero-order chi connectivity index (χ0) is 18.0. The van der Waals surface area contributed by atoms with Crippen LogP contribution < -0.4 is 5.32 Å². The first-order valence-corrected chi connectivity index (χ1v) is 8.56. The summed E-state index contributed by atoms with van der Waals surface area (Å²) in [5, 5.41) is 6.84. The van der Waals surface area contributed by atoms with Crippen molar-refractivity contribution < 1.29 is 9.32 Å². The van der Waals surface area contributed by atoms with Gasteiger partial charge in [0.1, 0.15) is 5.69 Å². The SMILES string of the molecule is Cc1cccc(C)c1-c1cc(-c2cccc(NC(=O)C(Cl)Cl)c2)on1. The molecule has 1 N–H and O–H groups in total. The molecule has 0 aliphatic rings. The Morgan fingerprint density at radius 2 is 1.76 bits per heavy atom. The smallest absolute Gasteiger partial charge is 0.257 e. The highest BCUT2D eigenvalue weighted by Crippen LogP contribution is 2.31. The van der Waals surface area contributed by atoms with Crippen LogP contribution in [0.4, 0.5) is 5.69 Å². The van der Waals surface area contributed by atoms with Gasteiger partial charge in [0.05, 0.1) is 0 Å². The van der Waals surface area contributed by atoms with E-state index in [9.17, 15) is 4.79 Å². The minimum Gasteiger partial charge on any atom is -0.356 e. The van der Waals surface area contributed by atoms with Gasteiger partial charge in [-0.3, -0.25) is 4.79 Å². The van der Waals surface area contributed by atoms with Gasteiger partial charge in [-0.05, 0) is 37.1 Å². The number of rotatable bonds is 4. The number of benzene rings is 2. The summed E-state index contributed by atoms with van der Waals surface area (Å²) in [4.78, 5) is 10.5. The number of nitrogens with one attached hydrogen (secondary N) is 1. The molecule has 6 heteroatoms. The number of hydrogen-bond acceptors (Lipinski definition) is 3. The highest BCUT2D eigenvalue weighted by molar-refractivity contribution is 6.54. The van der Waals surface area contributed by atoms with Crippen molar-refractivity contribution in [2.45, 2.75) is 18.7 Å². The van der Waals surface area contributed by atoms with Crippen LogP contribution in [0.3, 0.4) is 0 Å². The van der Waals surface area contributed by atoms with Crippen molar-refractivity contribution in [1.29, 1.82) is 0 Å². The third-order valence-electron chi connectivity index (χ3n) is 3.86. The average molecular weight is 375 g/mol. The summed E-state index contributed by atoms with van der Waals surface area (Å²) >= 11 is 11.1. The molecule has 3 aromatic rings. The molecule has 0 fully saturated rings. The number of anilines is 1. The maximum absolute atomic E-state index is 11.6. The van der Waals surface area contributed by atoms with Crippen molar-refractivity contribution in [2.75, 3.05) is 5.32 Å². The monoisotopic (exact) mass is 374 g/mol. The van der Waals surface area contributed by atoms with Crippen LogP contribution in [0, 0.1) is 13.8 Å². The highest BCUT2D eigenvalue weighted by Gasteiger charge is 2.14. The van der Waals surface area contributed by atoms with E-state index >= 15 is 0 Å². The fraction of sp³-hybridized carbons (Fsp3) is 0.158. The van der Waals surface area contributed by atoms with Gasteiger partial charge in [-0.2, -0.15) is 0 Å². The lowest BCUT2D eigenvalue weighted by Gasteiger charge is -2.06. The van der Waals surface area contributed by atoms with E-state index < -0.39 is 10.7 Å². The van der Waals surface area contributed by atoms with Gasteiger partial charge in [-0.25, -0.2) is 0 Å². The Kier molecular flexibility index (Phi) is 5.11. The molecule has 25 heavy (non-hydrogen) atoms. The zero-order valence-corrected chi connectivity index (χ0v) is 15.2. The third kappa shape index (κ3) is 3.86. The van der Waals surface area contributed by atoms with Crippen LogP contribution in [0.5, 0.6) is 0 Å². The summed E-state index contributed by atoms with van der Waals surface area (Å²) < 4.78 is 5.51. The fourth-order valence-electron chi connectivity index (χ4n) is 2.69. The molecule has 3 rings (SSSR count). The van der Waals surface area contributed by atoms with Crippen molar-refractivity contribution in [1.82, 2.24) is 5.16 Å². The molecule has 0 bridgehead atoms. The molecule has 0 aliphatic carbocycles. The van der Waals surface area contributed by atoms with Crippen molar-refractivity contribution in [3.63, 3.8) is 0 Å². The van der Waals surface area contributed by atoms with Crippen LogP contribution in [0.15, 0.2) is 53.1 Å². The van der Waals surface area contributed by atoms with Crippen LogP contribution in [0.1, 0.15) is 11.1 Å². The van der Waals surface area contributed by atoms with E-state index in [2.05, 4.69) is 10.5 Å². The highest BCUT2D eigenvalue weighted by atomic mass is 35.5. The average Bonchev–Trinajstić information content (AvgIpc) is 3.04. The predicted molar refractivity (Wildman–Crippen MR) is 101 cm³/mol.